The molecule has 1 aromatic rings. The molecule has 0 radical (unpaired) electrons. The second-order valence-corrected chi connectivity index (χ2v) is 4.52. The Balaban J connectivity index is 2.55. The summed E-state index contributed by atoms with van der Waals surface area (Å²) in [6, 6.07) is 3.08. The summed E-state index contributed by atoms with van der Waals surface area (Å²) in [5.74, 6) is -0.402. The molecule has 2 atom stereocenters. The first-order chi connectivity index (χ1) is 8.45. The van der Waals surface area contributed by atoms with Crippen molar-refractivity contribution in [1.82, 2.24) is 15.2 Å². The van der Waals surface area contributed by atoms with Gasteiger partial charge in [-0.1, -0.05) is 6.92 Å². The summed E-state index contributed by atoms with van der Waals surface area (Å²) in [6.07, 6.45) is 2.66. The number of hydrogen-bond donors (Lipinski definition) is 2. The molecule has 2 amide bonds. The molecular weight excluding hydrogens is 230 g/mol. The molecule has 0 fully saturated rings. The molecule has 5 heteroatoms. The number of aryl methyl sites for hydroxylation is 1. The predicted octanol–water partition coefficient (Wildman–Crippen LogP) is 1.06. The average Bonchev–Trinajstić information content (AvgIpc) is 2.75. The van der Waals surface area contributed by atoms with Crippen molar-refractivity contribution in [2.75, 3.05) is 0 Å². The monoisotopic (exact) mass is 251 g/mol. The van der Waals surface area contributed by atoms with E-state index in [0.29, 0.717) is 5.69 Å². The zero-order valence-electron chi connectivity index (χ0n) is 11.4. The Labute approximate surface area is 108 Å². The highest BCUT2D eigenvalue weighted by Crippen LogP contribution is 2.00. The van der Waals surface area contributed by atoms with Crippen LogP contribution in [0.15, 0.2) is 18.3 Å². The number of carbonyl (C=O) groups excluding carboxylic acids is 2. The van der Waals surface area contributed by atoms with Gasteiger partial charge in [-0.15, -0.1) is 0 Å². The minimum atomic E-state index is -0.540. The Morgan fingerprint density at radius 1 is 1.33 bits per heavy atom. The van der Waals surface area contributed by atoms with Crippen molar-refractivity contribution in [1.29, 1.82) is 0 Å². The third kappa shape index (κ3) is 3.61. The third-order valence-electron chi connectivity index (χ3n) is 2.92. The van der Waals surface area contributed by atoms with Gasteiger partial charge in [-0.3, -0.25) is 9.59 Å². The van der Waals surface area contributed by atoms with Gasteiger partial charge in [0.1, 0.15) is 11.7 Å². The van der Waals surface area contributed by atoms with Crippen LogP contribution in [0.2, 0.25) is 0 Å². The number of rotatable bonds is 5. The van der Waals surface area contributed by atoms with Gasteiger partial charge in [0.15, 0.2) is 0 Å². The fourth-order valence-corrected chi connectivity index (χ4v) is 1.50. The lowest BCUT2D eigenvalue weighted by Crippen LogP contribution is -2.47. The Kier molecular flexibility index (Phi) is 4.95. The highest BCUT2D eigenvalue weighted by atomic mass is 16.2. The Hall–Kier alpha value is -1.78. The number of amides is 2. The van der Waals surface area contributed by atoms with E-state index in [1.165, 1.54) is 0 Å². The molecule has 0 saturated heterocycles. The van der Waals surface area contributed by atoms with Crippen LogP contribution in [0.1, 0.15) is 37.7 Å². The number of nitrogens with zero attached hydrogens (tertiary/aromatic N) is 1. The molecule has 0 aliphatic heterocycles. The summed E-state index contributed by atoms with van der Waals surface area (Å²) in [5.41, 5.74) is 0.540. The highest BCUT2D eigenvalue weighted by molar-refractivity contribution is 5.96. The standard InChI is InChI=1S/C13H21N3O2/c1-5-9(2)14-12(17)10(3)15-13(18)11-7-6-8-16(11)4/h6-10H,5H2,1-4H3,(H,14,17)(H,15,18). The summed E-state index contributed by atoms with van der Waals surface area (Å²) < 4.78 is 1.72. The molecule has 18 heavy (non-hydrogen) atoms. The van der Waals surface area contributed by atoms with E-state index >= 15 is 0 Å². The molecule has 2 N–H and O–H groups in total. The third-order valence-corrected chi connectivity index (χ3v) is 2.92. The van der Waals surface area contributed by atoms with E-state index in [9.17, 15) is 9.59 Å². The minimum Gasteiger partial charge on any atom is -0.352 e. The van der Waals surface area contributed by atoms with Gasteiger partial charge in [0.2, 0.25) is 5.91 Å². The van der Waals surface area contributed by atoms with Crippen LogP contribution in [0, 0.1) is 0 Å². The molecule has 0 bridgehead atoms. The predicted molar refractivity (Wildman–Crippen MR) is 70.2 cm³/mol. The van der Waals surface area contributed by atoms with E-state index in [4.69, 9.17) is 0 Å². The van der Waals surface area contributed by atoms with Gasteiger partial charge in [-0.25, -0.2) is 0 Å². The lowest BCUT2D eigenvalue weighted by molar-refractivity contribution is -0.123. The van der Waals surface area contributed by atoms with E-state index < -0.39 is 6.04 Å². The van der Waals surface area contributed by atoms with Crippen LogP contribution in [-0.2, 0) is 11.8 Å². The second-order valence-electron chi connectivity index (χ2n) is 4.52. The summed E-state index contributed by atoms with van der Waals surface area (Å²) in [4.78, 5) is 23.7. The summed E-state index contributed by atoms with van der Waals surface area (Å²) in [7, 11) is 1.79. The maximum Gasteiger partial charge on any atom is 0.268 e. The molecule has 1 aromatic heterocycles. The van der Waals surface area contributed by atoms with E-state index in [0.717, 1.165) is 6.42 Å². The molecule has 5 nitrogen and oxygen atoms in total. The van der Waals surface area contributed by atoms with Crippen LogP contribution in [0.5, 0.6) is 0 Å². The number of aromatic nitrogens is 1. The van der Waals surface area contributed by atoms with Crippen LogP contribution in [0.4, 0.5) is 0 Å². The fourth-order valence-electron chi connectivity index (χ4n) is 1.50. The largest absolute Gasteiger partial charge is 0.352 e. The first-order valence-electron chi connectivity index (χ1n) is 6.18. The van der Waals surface area contributed by atoms with Crippen molar-refractivity contribution < 1.29 is 9.59 Å². The summed E-state index contributed by atoms with van der Waals surface area (Å²) >= 11 is 0. The van der Waals surface area contributed by atoms with E-state index in [1.807, 2.05) is 13.8 Å². The quantitative estimate of drug-likeness (QED) is 0.822. The molecule has 0 saturated carbocycles. The van der Waals surface area contributed by atoms with Gasteiger partial charge in [0, 0.05) is 19.3 Å². The topological polar surface area (TPSA) is 63.1 Å². The van der Waals surface area contributed by atoms with Gasteiger partial charge in [0.25, 0.3) is 5.91 Å². The zero-order chi connectivity index (χ0) is 13.7. The first kappa shape index (κ1) is 14.3. The van der Waals surface area contributed by atoms with Gasteiger partial charge in [-0.2, -0.15) is 0 Å². The van der Waals surface area contributed by atoms with Gasteiger partial charge in [0.05, 0.1) is 0 Å². The van der Waals surface area contributed by atoms with Crippen molar-refractivity contribution in [3.05, 3.63) is 24.0 Å². The Bertz CT molecular complexity index is 426. The summed E-state index contributed by atoms with van der Waals surface area (Å²) in [5, 5.41) is 5.51. The first-order valence-corrected chi connectivity index (χ1v) is 6.18. The molecule has 2 unspecified atom stereocenters. The van der Waals surface area contributed by atoms with Crippen LogP contribution < -0.4 is 10.6 Å². The normalized spacial score (nSPS) is 13.8. The summed E-state index contributed by atoms with van der Waals surface area (Å²) in [6.45, 7) is 5.61. The van der Waals surface area contributed by atoms with Gasteiger partial charge < -0.3 is 15.2 Å². The van der Waals surface area contributed by atoms with Crippen molar-refractivity contribution >= 4 is 11.8 Å². The maximum absolute atomic E-state index is 11.9. The van der Waals surface area contributed by atoms with Gasteiger partial charge >= 0.3 is 0 Å². The van der Waals surface area contributed by atoms with Crippen molar-refractivity contribution in [3.63, 3.8) is 0 Å². The molecule has 0 spiro atoms. The van der Waals surface area contributed by atoms with E-state index in [-0.39, 0.29) is 17.9 Å². The lowest BCUT2D eigenvalue weighted by atomic mass is 10.2. The number of carbonyl (C=O) groups is 2. The molecule has 1 rings (SSSR count). The van der Waals surface area contributed by atoms with Crippen LogP contribution in [-0.4, -0.2) is 28.5 Å². The molecule has 0 aliphatic carbocycles. The second kappa shape index (κ2) is 6.23. The van der Waals surface area contributed by atoms with Crippen LogP contribution in [0.3, 0.4) is 0 Å². The van der Waals surface area contributed by atoms with Crippen LogP contribution in [0.25, 0.3) is 0 Å². The smallest absolute Gasteiger partial charge is 0.268 e. The molecule has 0 aromatic carbocycles. The van der Waals surface area contributed by atoms with Crippen molar-refractivity contribution in [3.8, 4) is 0 Å². The zero-order valence-corrected chi connectivity index (χ0v) is 11.4. The lowest BCUT2D eigenvalue weighted by Gasteiger charge is -2.17. The Morgan fingerprint density at radius 2 is 2.00 bits per heavy atom. The number of hydrogen-bond acceptors (Lipinski definition) is 2. The Morgan fingerprint density at radius 3 is 2.50 bits per heavy atom. The molecule has 0 aliphatic rings. The molecular formula is C13H21N3O2. The molecule has 1 heterocycles. The van der Waals surface area contributed by atoms with Crippen molar-refractivity contribution in [2.24, 2.45) is 7.05 Å². The van der Waals surface area contributed by atoms with Crippen molar-refractivity contribution in [2.45, 2.75) is 39.3 Å². The SMILES string of the molecule is CCC(C)NC(=O)C(C)NC(=O)c1cccn1C. The van der Waals surface area contributed by atoms with E-state index in [1.54, 1.807) is 36.9 Å². The van der Waals surface area contributed by atoms with Gasteiger partial charge in [-0.05, 0) is 32.4 Å². The highest BCUT2D eigenvalue weighted by Gasteiger charge is 2.18. The maximum atomic E-state index is 11.9. The molecule has 100 valence electrons. The fraction of sp³-hybridized carbons (Fsp3) is 0.538. The number of nitrogens with one attached hydrogen (secondary N) is 2. The average molecular weight is 251 g/mol. The van der Waals surface area contributed by atoms with Crippen LogP contribution >= 0.6 is 0 Å². The minimum absolute atomic E-state index is 0.117. The van der Waals surface area contributed by atoms with E-state index in [2.05, 4.69) is 10.6 Å².